The third-order valence-corrected chi connectivity index (χ3v) is 6.22. The molecule has 2 aliphatic rings. The lowest BCUT2D eigenvalue weighted by Gasteiger charge is -2.50. The van der Waals surface area contributed by atoms with Crippen molar-refractivity contribution in [3.8, 4) is 0 Å². The van der Waals surface area contributed by atoms with Gasteiger partial charge < -0.3 is 10.0 Å². The molecule has 2 heterocycles. The van der Waals surface area contributed by atoms with Crippen molar-refractivity contribution in [1.29, 1.82) is 0 Å². The maximum Gasteiger partial charge on any atom is 0.327 e. The van der Waals surface area contributed by atoms with Crippen LogP contribution in [0.25, 0.3) is 0 Å². The molecule has 1 aromatic rings. The quantitative estimate of drug-likeness (QED) is 0.506. The van der Waals surface area contributed by atoms with Crippen LogP contribution >= 0.6 is 11.8 Å². The fourth-order valence-electron chi connectivity index (χ4n) is 3.42. The number of hydrogen-bond donors (Lipinski definition) is 1. The number of carboxylic acid groups (broad SMARTS) is 1. The lowest BCUT2D eigenvalue weighted by molar-refractivity contribution is -0.165. The summed E-state index contributed by atoms with van der Waals surface area (Å²) in [4.78, 5) is 30.6. The zero-order valence-electron chi connectivity index (χ0n) is 13.7. The highest BCUT2D eigenvalue weighted by Gasteiger charge is 2.71. The zero-order chi connectivity index (χ0) is 17.5. The largest absolute Gasteiger partial charge is 0.480 e. The summed E-state index contributed by atoms with van der Waals surface area (Å²) in [5.74, 6) is -1.20. The molecular formula is C18H20N2O3S. The number of carboxylic acids is 1. The minimum atomic E-state index is -0.970. The molecule has 2 aliphatic heterocycles. The van der Waals surface area contributed by atoms with Crippen molar-refractivity contribution in [3.05, 3.63) is 48.6 Å². The van der Waals surface area contributed by atoms with E-state index in [1.165, 1.54) is 16.7 Å². The molecule has 0 unspecified atom stereocenters. The molecule has 24 heavy (non-hydrogen) atoms. The first-order chi connectivity index (χ1) is 11.3. The number of hydrogen-bond acceptors (Lipinski definition) is 4. The predicted molar refractivity (Wildman–Crippen MR) is 95.3 cm³/mol. The van der Waals surface area contributed by atoms with E-state index in [0.29, 0.717) is 6.42 Å². The van der Waals surface area contributed by atoms with E-state index in [4.69, 9.17) is 0 Å². The highest BCUT2D eigenvalue weighted by Crippen LogP contribution is 2.57. The van der Waals surface area contributed by atoms with Crippen molar-refractivity contribution in [1.82, 2.24) is 4.90 Å². The van der Waals surface area contributed by atoms with Crippen LogP contribution in [0.3, 0.4) is 0 Å². The summed E-state index contributed by atoms with van der Waals surface area (Å²) in [6, 6.07) is 8.73. The number of rotatable bonds is 5. The van der Waals surface area contributed by atoms with Crippen molar-refractivity contribution in [2.75, 3.05) is 0 Å². The third kappa shape index (κ3) is 2.36. The van der Waals surface area contributed by atoms with Crippen molar-refractivity contribution in [2.45, 2.75) is 42.0 Å². The number of amides is 1. The van der Waals surface area contributed by atoms with Crippen LogP contribution in [0.5, 0.6) is 0 Å². The molecule has 1 N–H and O–H groups in total. The van der Waals surface area contributed by atoms with Crippen LogP contribution in [0.1, 0.15) is 25.8 Å². The first-order valence-corrected chi connectivity index (χ1v) is 8.66. The third-order valence-electron chi connectivity index (χ3n) is 4.55. The van der Waals surface area contributed by atoms with Gasteiger partial charge in [0.1, 0.15) is 11.4 Å². The number of aliphatic carboxylic acids is 1. The minimum absolute atomic E-state index is 0.231. The van der Waals surface area contributed by atoms with Gasteiger partial charge in [-0.05, 0) is 19.4 Å². The Bertz CT molecular complexity index is 716. The molecule has 6 heteroatoms. The Labute approximate surface area is 145 Å². The molecule has 5 nitrogen and oxygen atoms in total. The maximum absolute atomic E-state index is 12.9. The standard InChI is InChI=1S/C18H20N2O3S/c1-4-10-18(19-11-12-8-6-5-7-9-12)15(23)20-13(14(21)22)17(2,3)24-16(18)20/h4-9,11,13,16H,1,10H2,2-3H3,(H,21,22)/t13-,16+,18-/m0/s1. The summed E-state index contributed by atoms with van der Waals surface area (Å²) < 4.78 is -0.558. The van der Waals surface area contributed by atoms with Crippen LogP contribution in [0.15, 0.2) is 48.0 Å². The van der Waals surface area contributed by atoms with Gasteiger partial charge in [-0.25, -0.2) is 4.79 Å². The van der Waals surface area contributed by atoms with Gasteiger partial charge in [-0.15, -0.1) is 18.3 Å². The van der Waals surface area contributed by atoms with E-state index < -0.39 is 22.3 Å². The number of thioether (sulfide) groups is 1. The summed E-state index contributed by atoms with van der Waals surface area (Å²) in [6.07, 6.45) is 3.77. The van der Waals surface area contributed by atoms with E-state index in [9.17, 15) is 14.7 Å². The number of β-lactam (4-membered cyclic amide) rings is 1. The lowest BCUT2D eigenvalue weighted by Crippen LogP contribution is -2.72. The van der Waals surface area contributed by atoms with E-state index in [-0.39, 0.29) is 11.3 Å². The molecule has 0 aliphatic carbocycles. The molecular weight excluding hydrogens is 324 g/mol. The highest BCUT2D eigenvalue weighted by atomic mass is 32.2. The van der Waals surface area contributed by atoms with Gasteiger partial charge in [0.2, 0.25) is 0 Å². The second-order valence-electron chi connectivity index (χ2n) is 6.61. The molecule has 1 amide bonds. The van der Waals surface area contributed by atoms with Gasteiger partial charge in [0.05, 0.1) is 0 Å². The predicted octanol–water partition coefficient (Wildman–Crippen LogP) is 2.57. The summed E-state index contributed by atoms with van der Waals surface area (Å²) in [6.45, 7) is 7.48. The van der Waals surface area contributed by atoms with Crippen molar-refractivity contribution < 1.29 is 14.7 Å². The van der Waals surface area contributed by atoms with Crippen molar-refractivity contribution in [3.63, 3.8) is 0 Å². The van der Waals surface area contributed by atoms with Gasteiger partial charge in [-0.3, -0.25) is 9.79 Å². The zero-order valence-corrected chi connectivity index (χ0v) is 14.5. The van der Waals surface area contributed by atoms with Gasteiger partial charge in [-0.1, -0.05) is 36.4 Å². The summed E-state index contributed by atoms with van der Waals surface area (Å²) in [5.41, 5.74) is -0.0479. The van der Waals surface area contributed by atoms with Gasteiger partial charge in [-0.2, -0.15) is 0 Å². The molecule has 2 fully saturated rings. The molecule has 1 aromatic carbocycles. The van der Waals surface area contributed by atoms with Gasteiger partial charge in [0, 0.05) is 17.4 Å². The first kappa shape index (κ1) is 16.8. The van der Waals surface area contributed by atoms with Crippen LogP contribution in [-0.2, 0) is 9.59 Å². The highest BCUT2D eigenvalue weighted by molar-refractivity contribution is 8.01. The Kier molecular flexibility index (Phi) is 4.03. The maximum atomic E-state index is 12.9. The molecule has 126 valence electrons. The van der Waals surface area contributed by atoms with E-state index >= 15 is 0 Å². The molecule has 0 bridgehead atoms. The Morgan fingerprint density at radius 2 is 2.08 bits per heavy atom. The van der Waals surface area contributed by atoms with Gasteiger partial charge in [0.25, 0.3) is 5.91 Å². The van der Waals surface area contributed by atoms with Crippen LogP contribution < -0.4 is 0 Å². The average Bonchev–Trinajstić information content (AvgIpc) is 2.81. The fraction of sp³-hybridized carbons (Fsp3) is 0.389. The smallest absolute Gasteiger partial charge is 0.327 e. The number of aliphatic imine (C=N–C) groups is 1. The van der Waals surface area contributed by atoms with Gasteiger partial charge in [0.15, 0.2) is 5.54 Å². The van der Waals surface area contributed by atoms with Crippen molar-refractivity contribution in [2.24, 2.45) is 4.99 Å². The monoisotopic (exact) mass is 344 g/mol. The summed E-state index contributed by atoms with van der Waals surface area (Å²) >= 11 is 1.50. The molecule has 3 atom stereocenters. The molecule has 0 aromatic heterocycles. The number of benzene rings is 1. The molecule has 0 radical (unpaired) electrons. The van der Waals surface area contributed by atoms with Crippen LogP contribution in [-0.4, -0.2) is 49.8 Å². The van der Waals surface area contributed by atoms with Crippen LogP contribution in [0.4, 0.5) is 0 Å². The number of carbonyl (C=O) groups excluding carboxylic acids is 1. The first-order valence-electron chi connectivity index (χ1n) is 7.78. The van der Waals surface area contributed by atoms with Crippen LogP contribution in [0, 0.1) is 0 Å². The number of nitrogens with zero attached hydrogens (tertiary/aromatic N) is 2. The number of carbonyl (C=O) groups is 2. The normalized spacial score (nSPS) is 30.9. The second-order valence-corrected chi connectivity index (χ2v) is 8.35. The van der Waals surface area contributed by atoms with Gasteiger partial charge >= 0.3 is 5.97 Å². The number of fused-ring (bicyclic) bond motifs is 1. The minimum Gasteiger partial charge on any atom is -0.480 e. The Balaban J connectivity index is 1.96. The van der Waals surface area contributed by atoms with E-state index in [1.807, 2.05) is 44.2 Å². The molecule has 0 spiro atoms. The summed E-state index contributed by atoms with van der Waals surface area (Å²) in [7, 11) is 0. The molecule has 2 saturated heterocycles. The van der Waals surface area contributed by atoms with E-state index in [2.05, 4.69) is 11.6 Å². The Morgan fingerprint density at radius 1 is 1.42 bits per heavy atom. The molecule has 3 rings (SSSR count). The lowest BCUT2D eigenvalue weighted by atomic mass is 9.82. The Hall–Kier alpha value is -2.08. The SMILES string of the molecule is C=CC[C@]1(N=Cc2ccccc2)C(=O)N2[C@@H](C(=O)O)C(C)(C)S[C@@H]21. The van der Waals surface area contributed by atoms with E-state index in [0.717, 1.165) is 5.56 Å². The van der Waals surface area contributed by atoms with E-state index in [1.54, 1.807) is 12.3 Å². The average molecular weight is 344 g/mol. The second kappa shape index (κ2) is 5.77. The fourth-order valence-corrected chi connectivity index (χ4v) is 5.12. The Morgan fingerprint density at radius 3 is 2.67 bits per heavy atom. The topological polar surface area (TPSA) is 70.0 Å². The summed E-state index contributed by atoms with van der Waals surface area (Å²) in [5, 5.41) is 9.25. The van der Waals surface area contributed by atoms with Crippen molar-refractivity contribution >= 4 is 29.9 Å². The van der Waals surface area contributed by atoms with Crippen LogP contribution in [0.2, 0.25) is 0 Å². The molecule has 0 saturated carbocycles.